The maximum atomic E-state index is 13.4. The Bertz CT molecular complexity index is 1910. The van der Waals surface area contributed by atoms with Gasteiger partial charge in [-0.25, -0.2) is 4.79 Å². The van der Waals surface area contributed by atoms with Crippen molar-refractivity contribution in [3.63, 3.8) is 0 Å². The molecule has 2 aliphatic rings. The number of ether oxygens (including phenoxy) is 2. The first kappa shape index (κ1) is 28.5. The molecule has 1 unspecified atom stereocenters. The summed E-state index contributed by atoms with van der Waals surface area (Å²) in [6.07, 6.45) is 2.09. The summed E-state index contributed by atoms with van der Waals surface area (Å²) < 4.78 is 14.2. The molecule has 2 heterocycles. The molecule has 0 radical (unpaired) electrons. The van der Waals surface area contributed by atoms with Crippen molar-refractivity contribution in [1.29, 1.82) is 0 Å². The first-order chi connectivity index (χ1) is 21.4. The Hall–Kier alpha value is -4.26. The summed E-state index contributed by atoms with van der Waals surface area (Å²) in [5.74, 6) is 0.958. The van der Waals surface area contributed by atoms with Crippen LogP contribution in [0.2, 0.25) is 5.02 Å². The number of aryl methyl sites for hydroxylation is 1. The lowest BCUT2D eigenvalue weighted by atomic mass is 9.77. The lowest BCUT2D eigenvalue weighted by molar-refractivity contribution is 0.0224. The number of nitrogens with zero attached hydrogens (tertiary/aromatic N) is 1. The number of rotatable bonds is 7. The number of para-hydroxylation sites is 1. The van der Waals surface area contributed by atoms with Gasteiger partial charge >= 0.3 is 5.97 Å². The third kappa shape index (κ3) is 4.73. The van der Waals surface area contributed by atoms with Crippen LogP contribution >= 0.6 is 27.5 Å². The number of unbranched alkanes of at least 4 members (excludes halogenated alkanes) is 1. The second-order valence-corrected chi connectivity index (χ2v) is 12.4. The van der Waals surface area contributed by atoms with Gasteiger partial charge in [-0.3, -0.25) is 0 Å². The highest BCUT2D eigenvalue weighted by atomic mass is 79.9. The molecule has 5 aromatic carbocycles. The van der Waals surface area contributed by atoms with Crippen LogP contribution in [0.3, 0.4) is 0 Å². The van der Waals surface area contributed by atoms with E-state index in [2.05, 4.69) is 57.3 Å². The quantitative estimate of drug-likeness (QED) is 0.175. The zero-order chi connectivity index (χ0) is 30.4. The molecular formula is C37H30BrClN2O3. The molecule has 0 aromatic heterocycles. The Kier molecular flexibility index (Phi) is 7.35. The third-order valence-electron chi connectivity index (χ3n) is 8.36. The first-order valence-electron chi connectivity index (χ1n) is 14.7. The average molecular weight is 666 g/mol. The Morgan fingerprint density at radius 3 is 2.41 bits per heavy atom. The van der Waals surface area contributed by atoms with E-state index in [1.54, 1.807) is 0 Å². The Balaban J connectivity index is 1.40. The van der Waals surface area contributed by atoms with Gasteiger partial charge in [-0.15, -0.1) is 0 Å². The van der Waals surface area contributed by atoms with Crippen molar-refractivity contribution >= 4 is 56.2 Å². The normalized spacial score (nSPS) is 16.0. The highest BCUT2D eigenvalue weighted by Gasteiger charge is 2.53. The SMILES string of the molecule is CCCCN(c1ccc2c(c1)Oc1cc(C)c(Nc3ccc(Cl)cc3)cc1C21OC(=O)c2ccccc21)c1ccccc1Br. The number of halogens is 2. The molecule has 1 N–H and O–H groups in total. The van der Waals surface area contributed by atoms with Crippen LogP contribution in [-0.4, -0.2) is 12.5 Å². The number of carbonyl (C=O) groups is 1. The summed E-state index contributed by atoms with van der Waals surface area (Å²) in [5, 5.41) is 4.19. The molecule has 1 spiro atoms. The first-order valence-corrected chi connectivity index (χ1v) is 15.9. The van der Waals surface area contributed by atoms with Gasteiger partial charge in [0.25, 0.3) is 0 Å². The van der Waals surface area contributed by atoms with Crippen molar-refractivity contribution in [3.05, 3.63) is 140 Å². The second kappa shape index (κ2) is 11.3. The van der Waals surface area contributed by atoms with E-state index in [0.717, 1.165) is 68.9 Å². The zero-order valence-corrected chi connectivity index (χ0v) is 26.7. The minimum atomic E-state index is -1.17. The van der Waals surface area contributed by atoms with Crippen LogP contribution in [0.1, 0.15) is 52.4 Å². The van der Waals surface area contributed by atoms with E-state index in [1.807, 2.05) is 85.8 Å². The van der Waals surface area contributed by atoms with Crippen LogP contribution in [0.25, 0.3) is 0 Å². The standard InChI is InChI=1S/C37H30BrClN2O3/c1-3-4-19-41(33-12-8-7-11-31(33)38)26-17-18-29-35(21-26)43-34-20-23(2)32(40-25-15-13-24(39)14-16-25)22-30(34)37(29)28-10-6-5-9-27(28)36(42)44-37/h5-18,20-22,40H,3-4,19H2,1-2H3. The maximum absolute atomic E-state index is 13.4. The monoisotopic (exact) mass is 664 g/mol. The van der Waals surface area contributed by atoms with Gasteiger partial charge < -0.3 is 19.7 Å². The summed E-state index contributed by atoms with van der Waals surface area (Å²) >= 11 is 9.89. The van der Waals surface area contributed by atoms with Gasteiger partial charge in [0.15, 0.2) is 5.60 Å². The zero-order valence-electron chi connectivity index (χ0n) is 24.4. The van der Waals surface area contributed by atoms with E-state index in [9.17, 15) is 4.79 Å². The number of anilines is 4. The third-order valence-corrected chi connectivity index (χ3v) is 9.28. The number of carbonyl (C=O) groups excluding carboxylic acids is 1. The van der Waals surface area contributed by atoms with E-state index >= 15 is 0 Å². The molecule has 1 atom stereocenters. The number of fused-ring (bicyclic) bond motifs is 6. The fourth-order valence-electron chi connectivity index (χ4n) is 6.17. The van der Waals surface area contributed by atoms with Crippen molar-refractivity contribution in [3.8, 4) is 11.5 Å². The highest BCUT2D eigenvalue weighted by molar-refractivity contribution is 9.10. The second-order valence-electron chi connectivity index (χ2n) is 11.2. The number of hydrogen-bond acceptors (Lipinski definition) is 5. The molecule has 0 fully saturated rings. The Labute approximate surface area is 270 Å². The Morgan fingerprint density at radius 1 is 0.864 bits per heavy atom. The fraction of sp³-hybridized carbons (Fsp3) is 0.162. The summed E-state index contributed by atoms with van der Waals surface area (Å²) in [4.78, 5) is 15.7. The van der Waals surface area contributed by atoms with Crippen molar-refractivity contribution in [1.82, 2.24) is 0 Å². The number of benzene rings is 5. The van der Waals surface area contributed by atoms with Crippen LogP contribution in [-0.2, 0) is 10.3 Å². The lowest BCUT2D eigenvalue weighted by Gasteiger charge is -2.38. The molecule has 7 heteroatoms. The van der Waals surface area contributed by atoms with Crippen LogP contribution in [0, 0.1) is 6.92 Å². The molecule has 0 saturated carbocycles. The number of nitrogens with one attached hydrogen (secondary N) is 1. The summed E-state index contributed by atoms with van der Waals surface area (Å²) in [7, 11) is 0. The summed E-state index contributed by atoms with van der Waals surface area (Å²) in [6, 6.07) is 33.7. The van der Waals surface area contributed by atoms with Gasteiger partial charge in [0, 0.05) is 55.9 Å². The number of esters is 1. The minimum absolute atomic E-state index is 0.353. The van der Waals surface area contributed by atoms with E-state index in [-0.39, 0.29) is 5.97 Å². The van der Waals surface area contributed by atoms with Gasteiger partial charge in [-0.1, -0.05) is 55.3 Å². The smallest absolute Gasteiger partial charge is 0.340 e. The van der Waals surface area contributed by atoms with Crippen molar-refractivity contribution in [2.24, 2.45) is 0 Å². The molecule has 220 valence electrons. The van der Waals surface area contributed by atoms with E-state index in [0.29, 0.717) is 22.1 Å². The molecule has 44 heavy (non-hydrogen) atoms. The van der Waals surface area contributed by atoms with Gasteiger partial charge in [-0.2, -0.15) is 0 Å². The number of hydrogen-bond donors (Lipinski definition) is 1. The summed E-state index contributed by atoms with van der Waals surface area (Å²) in [6.45, 7) is 5.07. The van der Waals surface area contributed by atoms with E-state index < -0.39 is 5.60 Å². The highest BCUT2D eigenvalue weighted by Crippen LogP contribution is 2.57. The van der Waals surface area contributed by atoms with Crippen molar-refractivity contribution in [2.45, 2.75) is 32.3 Å². The molecule has 5 nitrogen and oxygen atoms in total. The minimum Gasteiger partial charge on any atom is -0.456 e. The summed E-state index contributed by atoms with van der Waals surface area (Å²) in [5.41, 5.74) is 6.61. The van der Waals surface area contributed by atoms with Crippen LogP contribution < -0.4 is 15.0 Å². The lowest BCUT2D eigenvalue weighted by Crippen LogP contribution is -2.33. The van der Waals surface area contributed by atoms with Crippen molar-refractivity contribution in [2.75, 3.05) is 16.8 Å². The van der Waals surface area contributed by atoms with Gasteiger partial charge in [0.1, 0.15) is 11.5 Å². The van der Waals surface area contributed by atoms with Gasteiger partial charge in [0.05, 0.1) is 11.3 Å². The maximum Gasteiger partial charge on any atom is 0.340 e. The predicted octanol–water partition coefficient (Wildman–Crippen LogP) is 10.7. The molecule has 0 aliphatic carbocycles. The van der Waals surface area contributed by atoms with E-state index in [1.165, 1.54) is 0 Å². The molecular weight excluding hydrogens is 636 g/mol. The van der Waals surface area contributed by atoms with Crippen LogP contribution in [0.15, 0.2) is 108 Å². The largest absolute Gasteiger partial charge is 0.456 e. The van der Waals surface area contributed by atoms with Gasteiger partial charge in [-0.05, 0) is 102 Å². The van der Waals surface area contributed by atoms with Crippen LogP contribution in [0.4, 0.5) is 22.7 Å². The van der Waals surface area contributed by atoms with Crippen LogP contribution in [0.5, 0.6) is 11.5 Å². The fourth-order valence-corrected chi connectivity index (χ4v) is 6.80. The predicted molar refractivity (Wildman–Crippen MR) is 180 cm³/mol. The molecule has 7 rings (SSSR count). The van der Waals surface area contributed by atoms with Gasteiger partial charge in [0.2, 0.25) is 0 Å². The topological polar surface area (TPSA) is 50.8 Å². The molecule has 0 amide bonds. The Morgan fingerprint density at radius 2 is 1.61 bits per heavy atom. The molecule has 0 saturated heterocycles. The molecule has 2 aliphatic heterocycles. The average Bonchev–Trinajstić information content (AvgIpc) is 3.32. The van der Waals surface area contributed by atoms with Crippen molar-refractivity contribution < 1.29 is 14.3 Å². The molecule has 0 bridgehead atoms. The molecule has 5 aromatic rings. The van der Waals surface area contributed by atoms with E-state index in [4.69, 9.17) is 21.1 Å².